The normalized spacial score (nSPS) is 11.9. The SMILES string of the molecule is CCNC(=O)[C@H](Cc1ccccc1)N(Cc1cccc(OC)c1)C(=O)CN(c1ccc(F)c(Cl)c1)S(C)(=O)=O. The highest BCUT2D eigenvalue weighted by Crippen LogP contribution is 2.25. The third kappa shape index (κ3) is 8.18. The summed E-state index contributed by atoms with van der Waals surface area (Å²) in [5.74, 6) is -1.17. The summed E-state index contributed by atoms with van der Waals surface area (Å²) in [5.41, 5.74) is 1.53. The van der Waals surface area contributed by atoms with Gasteiger partial charge in [0, 0.05) is 19.5 Å². The number of hydrogen-bond donors (Lipinski definition) is 1. The maximum absolute atomic E-state index is 13.9. The van der Waals surface area contributed by atoms with Crippen molar-refractivity contribution in [3.8, 4) is 5.75 Å². The van der Waals surface area contributed by atoms with Gasteiger partial charge >= 0.3 is 0 Å². The molecule has 0 spiro atoms. The predicted octanol–water partition coefficient (Wildman–Crippen LogP) is 4.03. The maximum Gasteiger partial charge on any atom is 0.244 e. The first-order chi connectivity index (χ1) is 18.5. The monoisotopic (exact) mass is 575 g/mol. The molecule has 0 aliphatic heterocycles. The molecule has 0 unspecified atom stereocenters. The van der Waals surface area contributed by atoms with E-state index in [1.807, 2.05) is 30.3 Å². The number of carbonyl (C=O) groups is 2. The van der Waals surface area contributed by atoms with Crippen molar-refractivity contribution in [1.82, 2.24) is 10.2 Å². The number of benzene rings is 3. The van der Waals surface area contributed by atoms with Crippen LogP contribution >= 0.6 is 11.6 Å². The zero-order valence-electron chi connectivity index (χ0n) is 21.9. The average Bonchev–Trinajstić information content (AvgIpc) is 2.91. The summed E-state index contributed by atoms with van der Waals surface area (Å²) < 4.78 is 45.5. The number of carbonyl (C=O) groups excluding carboxylic acids is 2. The quantitative estimate of drug-likeness (QED) is 0.352. The highest BCUT2D eigenvalue weighted by atomic mass is 35.5. The van der Waals surface area contributed by atoms with E-state index in [1.165, 1.54) is 18.1 Å². The number of amides is 2. The number of likely N-dealkylation sites (N-methyl/N-ethyl adjacent to an activating group) is 1. The van der Waals surface area contributed by atoms with Crippen molar-refractivity contribution in [2.24, 2.45) is 0 Å². The second kappa shape index (κ2) is 13.4. The molecule has 3 rings (SSSR count). The number of anilines is 1. The van der Waals surface area contributed by atoms with Crippen LogP contribution in [0.5, 0.6) is 5.75 Å². The highest BCUT2D eigenvalue weighted by molar-refractivity contribution is 7.92. The zero-order valence-corrected chi connectivity index (χ0v) is 23.5. The lowest BCUT2D eigenvalue weighted by atomic mass is 10.0. The minimum Gasteiger partial charge on any atom is -0.497 e. The van der Waals surface area contributed by atoms with E-state index in [-0.39, 0.29) is 29.6 Å². The summed E-state index contributed by atoms with van der Waals surface area (Å²) in [6.45, 7) is 1.49. The first-order valence-electron chi connectivity index (χ1n) is 12.2. The molecule has 11 heteroatoms. The molecule has 3 aromatic rings. The lowest BCUT2D eigenvalue weighted by molar-refractivity contribution is -0.140. The molecule has 0 saturated carbocycles. The molecule has 39 heavy (non-hydrogen) atoms. The van der Waals surface area contributed by atoms with Gasteiger partial charge in [-0.25, -0.2) is 12.8 Å². The number of halogens is 2. The lowest BCUT2D eigenvalue weighted by Gasteiger charge is -2.33. The fourth-order valence-electron chi connectivity index (χ4n) is 4.07. The standard InChI is InChI=1S/C28H31ClFN3O5S/c1-4-31-28(35)26(16-20-9-6-5-7-10-20)32(18-21-11-8-12-23(15-21)38-2)27(34)19-33(39(3,36)37)22-13-14-25(30)24(29)17-22/h5-15,17,26H,4,16,18-19H2,1-3H3,(H,31,35)/t26-/m0/s1. The van der Waals surface area contributed by atoms with Crippen molar-refractivity contribution >= 4 is 39.1 Å². The Morgan fingerprint density at radius 1 is 1.03 bits per heavy atom. The van der Waals surface area contributed by atoms with Crippen molar-refractivity contribution in [2.45, 2.75) is 25.9 Å². The first-order valence-corrected chi connectivity index (χ1v) is 14.4. The van der Waals surface area contributed by atoms with Gasteiger partial charge in [-0.1, -0.05) is 54.1 Å². The molecular formula is C28H31ClFN3O5S. The Kier molecular flexibility index (Phi) is 10.3. The highest BCUT2D eigenvalue weighted by Gasteiger charge is 2.33. The molecule has 1 atom stereocenters. The molecule has 0 radical (unpaired) electrons. The number of methoxy groups -OCH3 is 1. The first kappa shape index (κ1) is 29.9. The summed E-state index contributed by atoms with van der Waals surface area (Å²) in [6, 6.07) is 18.7. The van der Waals surface area contributed by atoms with Crippen LogP contribution < -0.4 is 14.4 Å². The second-order valence-electron chi connectivity index (χ2n) is 8.84. The number of rotatable bonds is 12. The molecule has 0 fully saturated rings. The Bertz CT molecular complexity index is 1410. The molecule has 0 saturated heterocycles. The molecule has 208 valence electrons. The van der Waals surface area contributed by atoms with Crippen LogP contribution in [0, 0.1) is 5.82 Å². The van der Waals surface area contributed by atoms with Crippen LogP contribution in [0.1, 0.15) is 18.1 Å². The van der Waals surface area contributed by atoms with Gasteiger partial charge in [0.2, 0.25) is 21.8 Å². The van der Waals surface area contributed by atoms with E-state index in [4.69, 9.17) is 16.3 Å². The molecule has 1 N–H and O–H groups in total. The fraction of sp³-hybridized carbons (Fsp3) is 0.286. The van der Waals surface area contributed by atoms with Crippen molar-refractivity contribution in [3.05, 3.63) is 94.8 Å². The van der Waals surface area contributed by atoms with Crippen molar-refractivity contribution in [1.29, 1.82) is 0 Å². The second-order valence-corrected chi connectivity index (χ2v) is 11.2. The summed E-state index contributed by atoms with van der Waals surface area (Å²) in [4.78, 5) is 28.6. The largest absolute Gasteiger partial charge is 0.497 e. The molecular weight excluding hydrogens is 545 g/mol. The summed E-state index contributed by atoms with van der Waals surface area (Å²) in [7, 11) is -2.47. The summed E-state index contributed by atoms with van der Waals surface area (Å²) in [5, 5.41) is 2.50. The molecule has 0 bridgehead atoms. The third-order valence-corrected chi connectivity index (χ3v) is 7.41. The molecule has 0 aromatic heterocycles. The van der Waals surface area contributed by atoms with Crippen LogP contribution in [0.15, 0.2) is 72.8 Å². The topological polar surface area (TPSA) is 96.0 Å². The molecule has 2 amide bonds. The molecule has 0 aliphatic carbocycles. The van der Waals surface area contributed by atoms with Gasteiger partial charge in [0.05, 0.1) is 24.1 Å². The molecule has 0 heterocycles. The summed E-state index contributed by atoms with van der Waals surface area (Å²) in [6.07, 6.45) is 1.14. The minimum absolute atomic E-state index is 0.00639. The fourth-order valence-corrected chi connectivity index (χ4v) is 5.08. The number of ether oxygens (including phenoxy) is 1. The number of nitrogens with one attached hydrogen (secondary N) is 1. The Labute approximate surface area is 233 Å². The van der Waals surface area contributed by atoms with Gasteiger partial charge in [0.25, 0.3) is 0 Å². The van der Waals surface area contributed by atoms with E-state index in [0.717, 1.165) is 28.3 Å². The van der Waals surface area contributed by atoms with E-state index in [9.17, 15) is 22.4 Å². The molecule has 3 aromatic carbocycles. The van der Waals surface area contributed by atoms with Crippen LogP contribution in [0.4, 0.5) is 10.1 Å². The Morgan fingerprint density at radius 2 is 1.72 bits per heavy atom. The van der Waals surface area contributed by atoms with Gasteiger partial charge in [-0.05, 0) is 48.4 Å². The van der Waals surface area contributed by atoms with Crippen LogP contribution in [0.2, 0.25) is 5.02 Å². The van der Waals surface area contributed by atoms with Crippen molar-refractivity contribution in [2.75, 3.05) is 30.8 Å². The van der Waals surface area contributed by atoms with Crippen LogP contribution in [0.3, 0.4) is 0 Å². The van der Waals surface area contributed by atoms with E-state index in [0.29, 0.717) is 17.9 Å². The van der Waals surface area contributed by atoms with E-state index >= 15 is 0 Å². The predicted molar refractivity (Wildman–Crippen MR) is 150 cm³/mol. The van der Waals surface area contributed by atoms with E-state index < -0.39 is 34.3 Å². The van der Waals surface area contributed by atoms with Gasteiger partial charge in [0.15, 0.2) is 0 Å². The van der Waals surface area contributed by atoms with Crippen LogP contribution in [0.25, 0.3) is 0 Å². The van der Waals surface area contributed by atoms with Crippen LogP contribution in [-0.4, -0.2) is 57.6 Å². The van der Waals surface area contributed by atoms with Crippen molar-refractivity contribution in [3.63, 3.8) is 0 Å². The van der Waals surface area contributed by atoms with E-state index in [1.54, 1.807) is 31.2 Å². The summed E-state index contributed by atoms with van der Waals surface area (Å²) >= 11 is 5.90. The van der Waals surface area contributed by atoms with E-state index in [2.05, 4.69) is 5.32 Å². The van der Waals surface area contributed by atoms with Gasteiger partial charge in [-0.15, -0.1) is 0 Å². The Morgan fingerprint density at radius 3 is 2.33 bits per heavy atom. The Hall–Kier alpha value is -3.63. The van der Waals surface area contributed by atoms with Crippen LogP contribution in [-0.2, 0) is 32.6 Å². The minimum atomic E-state index is -3.99. The van der Waals surface area contributed by atoms with Gasteiger partial charge < -0.3 is 15.0 Å². The van der Waals surface area contributed by atoms with Gasteiger partial charge in [-0.2, -0.15) is 0 Å². The molecule has 8 nitrogen and oxygen atoms in total. The van der Waals surface area contributed by atoms with Crippen molar-refractivity contribution < 1.29 is 27.1 Å². The zero-order chi connectivity index (χ0) is 28.6. The average molecular weight is 576 g/mol. The third-order valence-electron chi connectivity index (χ3n) is 5.98. The number of sulfonamides is 1. The Balaban J connectivity index is 2.06. The van der Waals surface area contributed by atoms with Gasteiger partial charge in [0.1, 0.15) is 24.2 Å². The molecule has 0 aliphatic rings. The number of hydrogen-bond acceptors (Lipinski definition) is 5. The van der Waals surface area contributed by atoms with Gasteiger partial charge in [-0.3, -0.25) is 13.9 Å². The number of nitrogens with zero attached hydrogens (tertiary/aromatic N) is 2. The maximum atomic E-state index is 13.9. The smallest absolute Gasteiger partial charge is 0.244 e. The lowest BCUT2D eigenvalue weighted by Crippen LogP contribution is -2.53.